The molecule has 1 saturated heterocycles. The number of morpholine rings is 1. The van der Waals surface area contributed by atoms with E-state index in [1.165, 1.54) is 0 Å². The Balaban J connectivity index is 1.33. The normalized spacial score (nSPS) is 18.4. The summed E-state index contributed by atoms with van der Waals surface area (Å²) in [5, 5.41) is 9.01. The van der Waals surface area contributed by atoms with E-state index in [-0.39, 0.29) is 0 Å². The molecule has 44 heavy (non-hydrogen) atoms. The number of anilines is 2. The predicted molar refractivity (Wildman–Crippen MR) is 174 cm³/mol. The summed E-state index contributed by atoms with van der Waals surface area (Å²) in [5.74, 6) is 2.49. The van der Waals surface area contributed by atoms with Gasteiger partial charge in [0.15, 0.2) is 22.8 Å². The first-order valence-corrected chi connectivity index (χ1v) is 15.5. The van der Waals surface area contributed by atoms with Gasteiger partial charge in [0.25, 0.3) is 5.91 Å². The lowest BCUT2D eigenvalue weighted by atomic mass is 9.96. The number of allylic oxidation sites excluding steroid dienone is 1. The van der Waals surface area contributed by atoms with Crippen LogP contribution >= 0.6 is 0 Å². The first-order chi connectivity index (χ1) is 21.3. The van der Waals surface area contributed by atoms with E-state index >= 15 is 0 Å². The fraction of sp³-hybridized carbons (Fsp3) is 0.485. The number of nitrogens with one attached hydrogen (secondary N) is 1. The molecule has 1 unspecified atom stereocenters. The third-order valence-corrected chi connectivity index (χ3v) is 8.42. The minimum atomic E-state index is -0.544. The number of amides is 1. The van der Waals surface area contributed by atoms with Crippen molar-refractivity contribution >= 4 is 34.3 Å². The minimum Gasteiger partial charge on any atom is -0.378 e. The number of aliphatic imine (C=N–C) groups is 1. The average Bonchev–Trinajstić information content (AvgIpc) is 3.43. The number of nitrogens with zero attached hydrogens (tertiary/aromatic N) is 7. The van der Waals surface area contributed by atoms with Crippen molar-refractivity contribution in [1.29, 1.82) is 0 Å². The van der Waals surface area contributed by atoms with Crippen LogP contribution in [0.2, 0.25) is 0 Å². The van der Waals surface area contributed by atoms with Crippen LogP contribution in [0.3, 0.4) is 0 Å². The van der Waals surface area contributed by atoms with Crippen molar-refractivity contribution in [3.63, 3.8) is 0 Å². The van der Waals surface area contributed by atoms with Crippen LogP contribution in [0.15, 0.2) is 53.2 Å². The molecule has 0 radical (unpaired) electrons. The number of hydrogen-bond donors (Lipinski definition) is 2. The summed E-state index contributed by atoms with van der Waals surface area (Å²) in [7, 11) is 6.12. The molecule has 2 N–H and O–H groups in total. The number of ether oxygens (including phenoxy) is 1. The van der Waals surface area contributed by atoms with Gasteiger partial charge in [0.2, 0.25) is 0 Å². The summed E-state index contributed by atoms with van der Waals surface area (Å²) >= 11 is 0. The fourth-order valence-corrected chi connectivity index (χ4v) is 5.57. The lowest BCUT2D eigenvalue weighted by molar-refractivity contribution is -0.124. The quantitative estimate of drug-likeness (QED) is 0.250. The molecule has 1 fully saturated rings. The number of aryl methyl sites for hydroxylation is 2. The number of fused-ring (bicyclic) bond motifs is 1. The van der Waals surface area contributed by atoms with Crippen molar-refractivity contribution in [2.24, 2.45) is 18.0 Å². The van der Waals surface area contributed by atoms with Crippen molar-refractivity contribution in [2.45, 2.75) is 51.9 Å². The van der Waals surface area contributed by atoms with E-state index in [1.54, 1.807) is 17.8 Å². The maximum absolute atomic E-state index is 11.9. The number of benzene rings is 1. The molecular formula is C33H44N8O3. The fourth-order valence-electron chi connectivity index (χ4n) is 5.57. The molecule has 5 rings (SSSR count). The van der Waals surface area contributed by atoms with E-state index in [9.17, 15) is 4.79 Å². The first-order valence-electron chi connectivity index (χ1n) is 15.5. The average molecular weight is 601 g/mol. The summed E-state index contributed by atoms with van der Waals surface area (Å²) in [6, 6.07) is 8.34. The van der Waals surface area contributed by atoms with E-state index in [4.69, 9.17) is 24.9 Å². The van der Waals surface area contributed by atoms with Gasteiger partial charge >= 0.3 is 0 Å². The Labute approximate surface area is 259 Å². The maximum atomic E-state index is 11.9. The molecule has 0 aliphatic carbocycles. The lowest BCUT2D eigenvalue weighted by Gasteiger charge is -2.28. The minimum absolute atomic E-state index is 0.357. The van der Waals surface area contributed by atoms with Gasteiger partial charge in [0.05, 0.1) is 18.8 Å². The van der Waals surface area contributed by atoms with Crippen LogP contribution in [0.5, 0.6) is 0 Å². The molecule has 0 bridgehead atoms. The Morgan fingerprint density at radius 3 is 2.57 bits per heavy atom. The summed E-state index contributed by atoms with van der Waals surface area (Å²) in [6.45, 7) is 5.16. The molecule has 2 aromatic heterocycles. The van der Waals surface area contributed by atoms with Gasteiger partial charge < -0.3 is 19.1 Å². The highest BCUT2D eigenvalue weighted by Gasteiger charge is 2.23. The van der Waals surface area contributed by atoms with E-state index in [0.29, 0.717) is 30.5 Å². The number of carbonyl (C=O) groups excluding carboxylic acids is 1. The van der Waals surface area contributed by atoms with Gasteiger partial charge in [0.1, 0.15) is 5.82 Å². The zero-order valence-electron chi connectivity index (χ0n) is 26.3. The number of aromatic nitrogens is 4. The van der Waals surface area contributed by atoms with Gasteiger partial charge in [-0.15, -0.1) is 0 Å². The Morgan fingerprint density at radius 1 is 1.09 bits per heavy atom. The molecule has 1 aromatic carbocycles. The summed E-state index contributed by atoms with van der Waals surface area (Å²) in [5.41, 5.74) is 6.94. The molecule has 0 spiro atoms. The SMILES string of the molecule is CC(CCC1=N/C=C(C(=O)NO)\C=C/CCC1)CCc1nc2c(N3CCOCC3)nc(-c3ccc(N(C)C)cc3)nc2n1C. The van der Waals surface area contributed by atoms with Gasteiger partial charge in [-0.05, 0) is 68.7 Å². The largest absolute Gasteiger partial charge is 0.378 e. The molecule has 2 aliphatic rings. The lowest BCUT2D eigenvalue weighted by Crippen LogP contribution is -2.37. The van der Waals surface area contributed by atoms with Crippen molar-refractivity contribution < 1.29 is 14.7 Å². The predicted octanol–water partition coefficient (Wildman–Crippen LogP) is 4.85. The number of carbonyl (C=O) groups is 1. The third-order valence-electron chi connectivity index (χ3n) is 8.42. The standard InChI is InChI=1S/C33H44N8O3/c1-23(10-14-26-9-7-5-6-8-25(22-34-26)33(42)38-43)11-17-28-35-29-31(40(28)4)36-30(24-12-15-27(16-13-24)39(2)3)37-32(29)41-18-20-44-21-19-41/h6,8,12-13,15-16,22-23,43H,5,7,9-11,14,17-21H2,1-4H3,(H,38,42)/b8-6-,25-22+,34-26?. The van der Waals surface area contributed by atoms with Crippen molar-refractivity contribution in [3.8, 4) is 11.4 Å². The van der Waals surface area contributed by atoms with E-state index in [0.717, 1.165) is 97.8 Å². The molecule has 3 aromatic rings. The highest BCUT2D eigenvalue weighted by Crippen LogP contribution is 2.30. The van der Waals surface area contributed by atoms with Gasteiger partial charge in [-0.25, -0.2) is 20.4 Å². The molecule has 1 atom stereocenters. The molecule has 2 aliphatic heterocycles. The van der Waals surface area contributed by atoms with Crippen molar-refractivity contribution in [1.82, 2.24) is 25.0 Å². The number of hydrogen-bond acceptors (Lipinski definition) is 9. The molecule has 11 heteroatoms. The maximum Gasteiger partial charge on any atom is 0.276 e. The summed E-state index contributed by atoms with van der Waals surface area (Å²) in [6.07, 6.45) is 11.7. The Bertz CT molecular complexity index is 1530. The molecule has 11 nitrogen and oxygen atoms in total. The first kappa shape index (κ1) is 31.3. The zero-order chi connectivity index (χ0) is 31.1. The van der Waals surface area contributed by atoms with Crippen LogP contribution in [-0.2, 0) is 23.0 Å². The van der Waals surface area contributed by atoms with Crippen molar-refractivity contribution in [3.05, 3.63) is 54.0 Å². The number of rotatable bonds is 10. The molecule has 234 valence electrons. The van der Waals surface area contributed by atoms with Gasteiger partial charge in [-0.1, -0.05) is 19.1 Å². The summed E-state index contributed by atoms with van der Waals surface area (Å²) in [4.78, 5) is 36.0. The van der Waals surface area contributed by atoms with E-state index in [1.807, 2.05) is 20.2 Å². The van der Waals surface area contributed by atoms with Gasteiger partial charge in [-0.3, -0.25) is 15.0 Å². The highest BCUT2D eigenvalue weighted by molar-refractivity contribution is 5.96. The van der Waals surface area contributed by atoms with Crippen LogP contribution in [0, 0.1) is 5.92 Å². The van der Waals surface area contributed by atoms with Crippen LogP contribution in [-0.4, -0.2) is 76.7 Å². The second-order valence-corrected chi connectivity index (χ2v) is 11.9. The number of imidazole rings is 1. The van der Waals surface area contributed by atoms with Crippen LogP contribution in [0.4, 0.5) is 11.5 Å². The van der Waals surface area contributed by atoms with E-state index < -0.39 is 5.91 Å². The number of hydroxylamine groups is 1. The zero-order valence-corrected chi connectivity index (χ0v) is 26.3. The van der Waals surface area contributed by atoms with Gasteiger partial charge in [0, 0.05) is 63.8 Å². The molecular weight excluding hydrogens is 556 g/mol. The van der Waals surface area contributed by atoms with Crippen molar-refractivity contribution in [2.75, 3.05) is 50.2 Å². The summed E-state index contributed by atoms with van der Waals surface area (Å²) < 4.78 is 7.75. The topological polar surface area (TPSA) is 121 Å². The second-order valence-electron chi connectivity index (χ2n) is 11.9. The Morgan fingerprint density at radius 2 is 1.84 bits per heavy atom. The van der Waals surface area contributed by atoms with Gasteiger partial charge in [-0.2, -0.15) is 0 Å². The Kier molecular flexibility index (Phi) is 10.4. The van der Waals surface area contributed by atoms with Crippen LogP contribution in [0.25, 0.3) is 22.6 Å². The third kappa shape index (κ3) is 7.51. The highest BCUT2D eigenvalue weighted by atomic mass is 16.5. The molecule has 1 amide bonds. The molecule has 4 heterocycles. The van der Waals surface area contributed by atoms with E-state index in [2.05, 4.69) is 57.6 Å². The Hall–Kier alpha value is -4.09. The second kappa shape index (κ2) is 14.6. The molecule has 0 saturated carbocycles. The monoisotopic (exact) mass is 600 g/mol. The van der Waals surface area contributed by atoms with Crippen LogP contribution in [0.1, 0.15) is 51.3 Å². The smallest absolute Gasteiger partial charge is 0.276 e. The van der Waals surface area contributed by atoms with Crippen LogP contribution < -0.4 is 15.3 Å².